The second-order valence-electron chi connectivity index (χ2n) is 3.89. The standard InChI is InChI=1S/C12H18N2/c1-2-14-10-6-4-8-12(14)11-7-3-5-9-13-11/h3,5,7,9,12H,2,4,6,8,10H2,1H3/t12-/m0/s1. The monoisotopic (exact) mass is 190 g/mol. The van der Waals surface area contributed by atoms with E-state index in [9.17, 15) is 0 Å². The second-order valence-corrected chi connectivity index (χ2v) is 3.89. The normalized spacial score (nSPS) is 23.6. The summed E-state index contributed by atoms with van der Waals surface area (Å²) in [5, 5.41) is 0. The van der Waals surface area contributed by atoms with E-state index >= 15 is 0 Å². The average molecular weight is 190 g/mol. The van der Waals surface area contributed by atoms with E-state index in [0.717, 1.165) is 6.54 Å². The molecule has 0 radical (unpaired) electrons. The van der Waals surface area contributed by atoms with E-state index < -0.39 is 0 Å². The molecule has 0 spiro atoms. The van der Waals surface area contributed by atoms with Crippen LogP contribution in [0.5, 0.6) is 0 Å². The molecule has 1 aliphatic heterocycles. The Hall–Kier alpha value is -0.890. The number of rotatable bonds is 2. The van der Waals surface area contributed by atoms with E-state index in [1.54, 1.807) is 0 Å². The summed E-state index contributed by atoms with van der Waals surface area (Å²) in [6, 6.07) is 6.79. The van der Waals surface area contributed by atoms with Gasteiger partial charge < -0.3 is 0 Å². The summed E-state index contributed by atoms with van der Waals surface area (Å²) >= 11 is 0. The highest BCUT2D eigenvalue weighted by molar-refractivity contribution is 5.09. The molecule has 1 aromatic rings. The Labute approximate surface area is 86.0 Å². The lowest BCUT2D eigenvalue weighted by Gasteiger charge is -2.34. The second kappa shape index (κ2) is 4.56. The van der Waals surface area contributed by atoms with Crippen LogP contribution in [-0.2, 0) is 0 Å². The zero-order chi connectivity index (χ0) is 9.80. The van der Waals surface area contributed by atoms with Crippen LogP contribution in [0.15, 0.2) is 24.4 Å². The van der Waals surface area contributed by atoms with Gasteiger partial charge in [-0.25, -0.2) is 0 Å². The summed E-state index contributed by atoms with van der Waals surface area (Å²) in [5.74, 6) is 0. The van der Waals surface area contributed by atoms with Gasteiger partial charge in [0.15, 0.2) is 0 Å². The van der Waals surface area contributed by atoms with Crippen molar-refractivity contribution in [3.05, 3.63) is 30.1 Å². The maximum Gasteiger partial charge on any atom is 0.0575 e. The molecule has 0 amide bonds. The molecular weight excluding hydrogens is 172 g/mol. The Morgan fingerprint density at radius 3 is 3.07 bits per heavy atom. The van der Waals surface area contributed by atoms with Gasteiger partial charge in [-0.3, -0.25) is 9.88 Å². The average Bonchev–Trinajstić information content (AvgIpc) is 2.30. The maximum absolute atomic E-state index is 4.46. The lowest BCUT2D eigenvalue weighted by atomic mass is 9.99. The third-order valence-corrected chi connectivity index (χ3v) is 3.05. The minimum absolute atomic E-state index is 0.565. The van der Waals surface area contributed by atoms with Gasteiger partial charge in [0.05, 0.1) is 11.7 Å². The molecule has 0 aromatic carbocycles. The van der Waals surface area contributed by atoms with Crippen LogP contribution >= 0.6 is 0 Å². The first-order valence-electron chi connectivity index (χ1n) is 5.57. The first-order chi connectivity index (χ1) is 6.92. The van der Waals surface area contributed by atoms with Crippen molar-refractivity contribution >= 4 is 0 Å². The largest absolute Gasteiger partial charge is 0.295 e. The molecule has 2 heterocycles. The van der Waals surface area contributed by atoms with Gasteiger partial charge in [-0.1, -0.05) is 19.4 Å². The van der Waals surface area contributed by atoms with Gasteiger partial charge >= 0.3 is 0 Å². The lowest BCUT2D eigenvalue weighted by molar-refractivity contribution is 0.154. The van der Waals surface area contributed by atoms with Crippen molar-refractivity contribution in [2.24, 2.45) is 0 Å². The van der Waals surface area contributed by atoms with Crippen molar-refractivity contribution in [3.63, 3.8) is 0 Å². The van der Waals surface area contributed by atoms with Crippen LogP contribution in [0.25, 0.3) is 0 Å². The smallest absolute Gasteiger partial charge is 0.0575 e. The van der Waals surface area contributed by atoms with Crippen LogP contribution in [-0.4, -0.2) is 23.0 Å². The topological polar surface area (TPSA) is 16.1 Å². The molecule has 1 aliphatic rings. The quantitative estimate of drug-likeness (QED) is 0.712. The number of likely N-dealkylation sites (tertiary alicyclic amines) is 1. The molecule has 0 aliphatic carbocycles. The Balaban J connectivity index is 2.15. The molecule has 2 rings (SSSR count). The molecule has 0 bridgehead atoms. The number of hydrogen-bond donors (Lipinski definition) is 0. The fourth-order valence-corrected chi connectivity index (χ4v) is 2.28. The van der Waals surface area contributed by atoms with Crippen molar-refractivity contribution in [1.82, 2.24) is 9.88 Å². The third kappa shape index (κ3) is 1.95. The molecule has 1 saturated heterocycles. The highest BCUT2D eigenvalue weighted by Gasteiger charge is 2.22. The number of piperidine rings is 1. The predicted molar refractivity (Wildman–Crippen MR) is 58.1 cm³/mol. The Kier molecular flexibility index (Phi) is 3.14. The number of pyridine rings is 1. The summed E-state index contributed by atoms with van der Waals surface area (Å²) in [7, 11) is 0. The number of aromatic nitrogens is 1. The molecule has 0 unspecified atom stereocenters. The summed E-state index contributed by atoms with van der Waals surface area (Å²) in [6.07, 6.45) is 5.86. The minimum atomic E-state index is 0.565. The van der Waals surface area contributed by atoms with E-state index in [4.69, 9.17) is 0 Å². The number of hydrogen-bond acceptors (Lipinski definition) is 2. The van der Waals surface area contributed by atoms with Gasteiger partial charge in [0, 0.05) is 6.20 Å². The molecule has 1 aromatic heterocycles. The molecule has 1 atom stereocenters. The highest BCUT2D eigenvalue weighted by atomic mass is 15.2. The molecule has 2 heteroatoms. The first-order valence-corrected chi connectivity index (χ1v) is 5.57. The van der Waals surface area contributed by atoms with Crippen LogP contribution in [0.1, 0.15) is 37.9 Å². The molecule has 76 valence electrons. The van der Waals surface area contributed by atoms with Gasteiger partial charge in [0.25, 0.3) is 0 Å². The van der Waals surface area contributed by atoms with E-state index in [1.165, 1.54) is 31.5 Å². The van der Waals surface area contributed by atoms with Crippen LogP contribution in [0.3, 0.4) is 0 Å². The zero-order valence-electron chi connectivity index (χ0n) is 8.82. The van der Waals surface area contributed by atoms with Crippen molar-refractivity contribution in [1.29, 1.82) is 0 Å². The highest BCUT2D eigenvalue weighted by Crippen LogP contribution is 2.28. The molecule has 1 fully saturated rings. The van der Waals surface area contributed by atoms with Crippen LogP contribution < -0.4 is 0 Å². The maximum atomic E-state index is 4.46. The molecule has 14 heavy (non-hydrogen) atoms. The van der Waals surface area contributed by atoms with E-state index in [1.807, 2.05) is 12.3 Å². The van der Waals surface area contributed by atoms with Crippen LogP contribution in [0.2, 0.25) is 0 Å². The Morgan fingerprint density at radius 2 is 2.36 bits per heavy atom. The van der Waals surface area contributed by atoms with Gasteiger partial charge in [-0.05, 0) is 38.1 Å². The van der Waals surface area contributed by atoms with Gasteiger partial charge in [0.1, 0.15) is 0 Å². The van der Waals surface area contributed by atoms with Gasteiger partial charge in [0.2, 0.25) is 0 Å². The first kappa shape index (κ1) is 9.66. The predicted octanol–water partition coefficient (Wildman–Crippen LogP) is 2.63. The fourth-order valence-electron chi connectivity index (χ4n) is 2.28. The minimum Gasteiger partial charge on any atom is -0.295 e. The van der Waals surface area contributed by atoms with Crippen molar-refractivity contribution in [2.45, 2.75) is 32.2 Å². The molecular formula is C12H18N2. The van der Waals surface area contributed by atoms with Crippen LogP contribution in [0.4, 0.5) is 0 Å². The van der Waals surface area contributed by atoms with Gasteiger partial charge in [-0.2, -0.15) is 0 Å². The molecule has 0 N–H and O–H groups in total. The summed E-state index contributed by atoms with van der Waals surface area (Å²) in [5.41, 5.74) is 1.24. The number of nitrogens with zero attached hydrogens (tertiary/aromatic N) is 2. The van der Waals surface area contributed by atoms with Gasteiger partial charge in [-0.15, -0.1) is 0 Å². The third-order valence-electron chi connectivity index (χ3n) is 3.05. The van der Waals surface area contributed by atoms with Crippen molar-refractivity contribution in [3.8, 4) is 0 Å². The van der Waals surface area contributed by atoms with E-state index in [-0.39, 0.29) is 0 Å². The van der Waals surface area contributed by atoms with E-state index in [2.05, 4.69) is 28.9 Å². The summed E-state index contributed by atoms with van der Waals surface area (Å²) in [6.45, 7) is 4.61. The lowest BCUT2D eigenvalue weighted by Crippen LogP contribution is -2.33. The summed E-state index contributed by atoms with van der Waals surface area (Å²) < 4.78 is 0. The van der Waals surface area contributed by atoms with E-state index in [0.29, 0.717) is 6.04 Å². The Morgan fingerprint density at radius 1 is 1.43 bits per heavy atom. The van der Waals surface area contributed by atoms with Crippen molar-refractivity contribution < 1.29 is 0 Å². The zero-order valence-corrected chi connectivity index (χ0v) is 8.82. The summed E-state index contributed by atoms with van der Waals surface area (Å²) in [4.78, 5) is 6.99. The Bertz CT molecular complexity index is 271. The molecule has 0 saturated carbocycles. The van der Waals surface area contributed by atoms with Crippen molar-refractivity contribution in [2.75, 3.05) is 13.1 Å². The van der Waals surface area contributed by atoms with Crippen LogP contribution in [0, 0.1) is 0 Å². The molecule has 2 nitrogen and oxygen atoms in total. The fraction of sp³-hybridized carbons (Fsp3) is 0.583. The SMILES string of the molecule is CCN1CCCC[C@H]1c1ccccn1.